The first-order valence-electron chi connectivity index (χ1n) is 7.75. The average molecular weight is 383 g/mol. The van der Waals surface area contributed by atoms with Gasteiger partial charge in [-0.15, -0.1) is 0 Å². The molecule has 6 nitrogen and oxygen atoms in total. The maximum Gasteiger partial charge on any atom is 0.409 e. The van der Waals surface area contributed by atoms with Crippen LogP contribution in [0.4, 0.5) is 4.79 Å². The first-order chi connectivity index (χ1) is 11.1. The summed E-state index contributed by atoms with van der Waals surface area (Å²) < 4.78 is 6.11. The molecule has 0 radical (unpaired) electrons. The molecule has 1 saturated heterocycles. The minimum atomic E-state index is -0.232. The number of hydrogen-bond donors (Lipinski definition) is 1. The van der Waals surface area contributed by atoms with Gasteiger partial charge in [-0.25, -0.2) is 4.79 Å². The molecule has 0 atom stereocenters. The summed E-state index contributed by atoms with van der Waals surface area (Å²) in [5.41, 5.74) is 1.19. The highest BCUT2D eigenvalue weighted by Crippen LogP contribution is 2.10. The van der Waals surface area contributed by atoms with Crippen LogP contribution >= 0.6 is 15.9 Å². The molecule has 1 heterocycles. The van der Waals surface area contributed by atoms with Crippen LogP contribution in [0, 0.1) is 0 Å². The fourth-order valence-corrected chi connectivity index (χ4v) is 2.70. The molecule has 1 amide bonds. The number of piperazine rings is 1. The second-order valence-corrected chi connectivity index (χ2v) is 6.12. The molecule has 0 unspecified atom stereocenters. The van der Waals surface area contributed by atoms with Crippen LogP contribution in [0.3, 0.4) is 0 Å². The van der Waals surface area contributed by atoms with Crippen molar-refractivity contribution >= 4 is 28.0 Å². The maximum atomic E-state index is 11.7. The van der Waals surface area contributed by atoms with Crippen LogP contribution in [0.2, 0.25) is 0 Å². The zero-order chi connectivity index (χ0) is 16.7. The van der Waals surface area contributed by atoms with E-state index in [2.05, 4.69) is 43.3 Å². The summed E-state index contributed by atoms with van der Waals surface area (Å²) in [5.74, 6) is 0.858. The SMILES string of the molecule is CCOC(=O)N1CCN(C(=NC)NCc2ccc(Br)cc2)CC1. The molecule has 0 aromatic heterocycles. The highest BCUT2D eigenvalue weighted by molar-refractivity contribution is 9.10. The molecule has 2 rings (SSSR count). The standard InChI is InChI=1S/C16H23BrN4O2/c1-3-23-16(22)21-10-8-20(9-11-21)15(18-2)19-12-13-4-6-14(17)7-5-13/h4-7H,3,8-12H2,1-2H3,(H,18,19). The summed E-state index contributed by atoms with van der Waals surface area (Å²) in [6, 6.07) is 8.20. The van der Waals surface area contributed by atoms with Gasteiger partial charge in [-0.05, 0) is 24.6 Å². The van der Waals surface area contributed by atoms with E-state index >= 15 is 0 Å². The number of aliphatic imine (C=N–C) groups is 1. The Morgan fingerprint density at radius 2 is 1.83 bits per heavy atom. The largest absolute Gasteiger partial charge is 0.450 e. The number of ether oxygens (including phenoxy) is 1. The van der Waals surface area contributed by atoms with Crippen molar-refractivity contribution < 1.29 is 9.53 Å². The summed E-state index contributed by atoms with van der Waals surface area (Å²) in [6.07, 6.45) is -0.232. The second kappa shape index (κ2) is 8.76. The third-order valence-electron chi connectivity index (χ3n) is 3.68. The normalized spacial score (nSPS) is 15.5. The highest BCUT2D eigenvalue weighted by Gasteiger charge is 2.23. The van der Waals surface area contributed by atoms with E-state index in [1.807, 2.05) is 19.1 Å². The molecule has 0 aliphatic carbocycles. The molecule has 0 saturated carbocycles. The number of benzene rings is 1. The molecule has 1 aromatic carbocycles. The number of halogens is 1. The van der Waals surface area contributed by atoms with E-state index in [1.54, 1.807) is 11.9 Å². The number of rotatable bonds is 3. The predicted molar refractivity (Wildman–Crippen MR) is 94.5 cm³/mol. The molecule has 0 bridgehead atoms. The van der Waals surface area contributed by atoms with Crippen molar-refractivity contribution in [3.05, 3.63) is 34.3 Å². The van der Waals surface area contributed by atoms with E-state index < -0.39 is 0 Å². The molecule has 7 heteroatoms. The third-order valence-corrected chi connectivity index (χ3v) is 4.21. The van der Waals surface area contributed by atoms with E-state index in [0.717, 1.165) is 30.1 Å². The van der Waals surface area contributed by atoms with Crippen molar-refractivity contribution in [3.63, 3.8) is 0 Å². The number of nitrogens with zero attached hydrogens (tertiary/aromatic N) is 3. The van der Waals surface area contributed by atoms with Crippen molar-refractivity contribution in [2.24, 2.45) is 4.99 Å². The number of hydrogen-bond acceptors (Lipinski definition) is 3. The number of amides is 1. The smallest absolute Gasteiger partial charge is 0.409 e. The molecule has 1 N–H and O–H groups in total. The molecule has 23 heavy (non-hydrogen) atoms. The quantitative estimate of drug-likeness (QED) is 0.643. The van der Waals surface area contributed by atoms with Crippen molar-refractivity contribution in [2.45, 2.75) is 13.5 Å². The fourth-order valence-electron chi connectivity index (χ4n) is 2.43. The zero-order valence-corrected chi connectivity index (χ0v) is 15.2. The second-order valence-electron chi connectivity index (χ2n) is 5.20. The highest BCUT2D eigenvalue weighted by atomic mass is 79.9. The minimum absolute atomic E-state index is 0.232. The molecule has 0 spiro atoms. The Morgan fingerprint density at radius 1 is 1.22 bits per heavy atom. The van der Waals surface area contributed by atoms with E-state index in [0.29, 0.717) is 19.7 Å². The lowest BCUT2D eigenvalue weighted by molar-refractivity contribution is 0.0914. The molecular formula is C16H23BrN4O2. The van der Waals surface area contributed by atoms with E-state index in [1.165, 1.54) is 5.56 Å². The van der Waals surface area contributed by atoms with Crippen LogP contribution in [-0.2, 0) is 11.3 Å². The minimum Gasteiger partial charge on any atom is -0.450 e. The maximum absolute atomic E-state index is 11.7. The summed E-state index contributed by atoms with van der Waals surface area (Å²) >= 11 is 3.44. The number of guanidine groups is 1. The van der Waals surface area contributed by atoms with Gasteiger partial charge in [0.15, 0.2) is 5.96 Å². The van der Waals surface area contributed by atoms with Crippen LogP contribution < -0.4 is 5.32 Å². The van der Waals surface area contributed by atoms with Crippen molar-refractivity contribution in [1.29, 1.82) is 0 Å². The van der Waals surface area contributed by atoms with Gasteiger partial charge in [0.25, 0.3) is 0 Å². The van der Waals surface area contributed by atoms with Gasteiger partial charge >= 0.3 is 6.09 Å². The molecule has 1 aromatic rings. The Morgan fingerprint density at radius 3 is 2.39 bits per heavy atom. The lowest BCUT2D eigenvalue weighted by Crippen LogP contribution is -2.53. The monoisotopic (exact) mass is 382 g/mol. The Labute approximate surface area is 145 Å². The van der Waals surface area contributed by atoms with Crippen molar-refractivity contribution in [2.75, 3.05) is 39.8 Å². The van der Waals surface area contributed by atoms with Gasteiger partial charge in [-0.1, -0.05) is 28.1 Å². The summed E-state index contributed by atoms with van der Waals surface area (Å²) in [6.45, 7) is 5.75. The summed E-state index contributed by atoms with van der Waals surface area (Å²) in [7, 11) is 1.78. The Kier molecular flexibility index (Phi) is 6.70. The lowest BCUT2D eigenvalue weighted by atomic mass is 10.2. The van der Waals surface area contributed by atoms with Gasteiger partial charge in [0.1, 0.15) is 0 Å². The number of carbonyl (C=O) groups is 1. The van der Waals surface area contributed by atoms with Gasteiger partial charge in [0.05, 0.1) is 6.61 Å². The van der Waals surface area contributed by atoms with Gasteiger partial charge in [-0.3, -0.25) is 4.99 Å². The van der Waals surface area contributed by atoms with Gasteiger partial charge in [-0.2, -0.15) is 0 Å². The molecule has 1 aliphatic rings. The van der Waals surface area contributed by atoms with Crippen LogP contribution in [0.5, 0.6) is 0 Å². The van der Waals surface area contributed by atoms with E-state index in [4.69, 9.17) is 4.74 Å². The fraction of sp³-hybridized carbons (Fsp3) is 0.500. The summed E-state index contributed by atoms with van der Waals surface area (Å²) in [5, 5.41) is 3.37. The van der Waals surface area contributed by atoms with Crippen LogP contribution in [0.1, 0.15) is 12.5 Å². The average Bonchev–Trinajstić information content (AvgIpc) is 2.58. The predicted octanol–water partition coefficient (Wildman–Crippen LogP) is 2.30. The first kappa shape index (κ1) is 17.6. The molecule has 126 valence electrons. The first-order valence-corrected chi connectivity index (χ1v) is 8.55. The third kappa shape index (κ3) is 5.13. The van der Waals surface area contributed by atoms with Gasteiger partial charge < -0.3 is 19.9 Å². The van der Waals surface area contributed by atoms with Crippen LogP contribution in [0.25, 0.3) is 0 Å². The molecular weight excluding hydrogens is 360 g/mol. The molecule has 1 fully saturated rings. The molecule has 1 aliphatic heterocycles. The number of nitrogens with one attached hydrogen (secondary N) is 1. The van der Waals surface area contributed by atoms with Crippen molar-refractivity contribution in [3.8, 4) is 0 Å². The van der Waals surface area contributed by atoms with Gasteiger partial charge in [0.2, 0.25) is 0 Å². The lowest BCUT2D eigenvalue weighted by Gasteiger charge is -2.35. The Bertz CT molecular complexity index is 540. The van der Waals surface area contributed by atoms with Gasteiger partial charge in [0, 0.05) is 44.2 Å². The summed E-state index contributed by atoms with van der Waals surface area (Å²) in [4.78, 5) is 20.0. The number of carbonyl (C=O) groups excluding carboxylic acids is 1. The Balaban J connectivity index is 1.83. The topological polar surface area (TPSA) is 57.2 Å². The Hall–Kier alpha value is -1.76. The van der Waals surface area contributed by atoms with Crippen LogP contribution in [0.15, 0.2) is 33.7 Å². The van der Waals surface area contributed by atoms with Crippen LogP contribution in [-0.4, -0.2) is 61.7 Å². The van der Waals surface area contributed by atoms with Crippen molar-refractivity contribution in [1.82, 2.24) is 15.1 Å². The zero-order valence-electron chi connectivity index (χ0n) is 13.6. The van der Waals surface area contributed by atoms with E-state index in [-0.39, 0.29) is 6.09 Å². The van der Waals surface area contributed by atoms with E-state index in [9.17, 15) is 4.79 Å².